The maximum atomic E-state index is 14.9. The summed E-state index contributed by atoms with van der Waals surface area (Å²) in [5.41, 5.74) is 4.55. The molecule has 0 atom stereocenters. The van der Waals surface area contributed by atoms with Gasteiger partial charge in [0.2, 0.25) is 15.7 Å². The van der Waals surface area contributed by atoms with E-state index in [-0.39, 0.29) is 28.7 Å². The van der Waals surface area contributed by atoms with Crippen LogP contribution in [0.5, 0.6) is 0 Å². The maximum absolute atomic E-state index is 14.9. The van der Waals surface area contributed by atoms with Gasteiger partial charge in [-0.1, -0.05) is 12.1 Å². The Bertz CT molecular complexity index is 2300. The monoisotopic (exact) mass is 641 g/mol. The smallest absolute Gasteiger partial charge is 0.255 e. The summed E-state index contributed by atoms with van der Waals surface area (Å²) in [5, 5.41) is 3.45. The number of aromatic nitrogens is 3. The molecule has 6 aromatic rings. The molecule has 7 rings (SSSR count). The number of pyridine rings is 2. The van der Waals surface area contributed by atoms with Gasteiger partial charge in [0, 0.05) is 37.2 Å². The van der Waals surface area contributed by atoms with E-state index >= 15 is 0 Å². The number of carbonyl (C=O) groups excluding carboxylic acids is 1. The fraction of sp³-hybridized carbons (Fsp3) is 0.206. The van der Waals surface area contributed by atoms with Crippen LogP contribution in [0.15, 0.2) is 71.1 Å². The molecule has 0 aliphatic carbocycles. The van der Waals surface area contributed by atoms with Crippen LogP contribution in [0.2, 0.25) is 0 Å². The van der Waals surface area contributed by atoms with E-state index in [1.165, 1.54) is 44.4 Å². The van der Waals surface area contributed by atoms with E-state index in [1.807, 2.05) is 18.2 Å². The lowest BCUT2D eigenvalue weighted by Crippen LogP contribution is -2.26. The highest BCUT2D eigenvalue weighted by Gasteiger charge is 2.28. The number of anilines is 1. The van der Waals surface area contributed by atoms with Crippen LogP contribution in [-0.2, 0) is 23.0 Å². The van der Waals surface area contributed by atoms with Gasteiger partial charge in [-0.3, -0.25) is 9.10 Å². The molecule has 1 aliphatic heterocycles. The van der Waals surface area contributed by atoms with Crippen molar-refractivity contribution in [3.63, 3.8) is 0 Å². The molecule has 46 heavy (non-hydrogen) atoms. The molecule has 9 nitrogen and oxygen atoms in total. The first-order chi connectivity index (χ1) is 22.0. The number of halogens is 2. The molecule has 1 N–H and O–H groups in total. The third-order valence-corrected chi connectivity index (χ3v) is 9.65. The van der Waals surface area contributed by atoms with Gasteiger partial charge in [-0.15, -0.1) is 0 Å². The van der Waals surface area contributed by atoms with E-state index in [4.69, 9.17) is 9.40 Å². The van der Waals surface area contributed by atoms with Crippen LogP contribution in [0, 0.1) is 11.6 Å². The molecular formula is C34H29F2N5O4S. The number of hydrogen-bond acceptors (Lipinski definition) is 6. The number of nitrogens with zero attached hydrogens (tertiary/aromatic N) is 4. The normalized spacial score (nSPS) is 13.2. The third kappa shape index (κ3) is 4.89. The first-order valence-electron chi connectivity index (χ1n) is 14.7. The zero-order valence-corrected chi connectivity index (χ0v) is 26.1. The van der Waals surface area contributed by atoms with E-state index in [9.17, 15) is 22.0 Å². The van der Waals surface area contributed by atoms with Gasteiger partial charge in [-0.2, -0.15) is 4.98 Å². The molecule has 1 amide bonds. The Morgan fingerprint density at radius 2 is 1.78 bits per heavy atom. The number of nitrogens with one attached hydrogen (secondary N) is 1. The largest absolute Gasteiger partial charge is 0.437 e. The number of carbonyl (C=O) groups is 1. The lowest BCUT2D eigenvalue weighted by atomic mass is 9.99. The van der Waals surface area contributed by atoms with Crippen molar-refractivity contribution in [2.24, 2.45) is 0 Å². The topological polar surface area (TPSA) is 110 Å². The number of hydrogen-bond donors (Lipinski definition) is 1. The van der Waals surface area contributed by atoms with Crippen LogP contribution >= 0.6 is 0 Å². The average Bonchev–Trinajstić information content (AvgIpc) is 3.59. The maximum Gasteiger partial charge on any atom is 0.255 e. The Labute approximate surface area is 263 Å². The second-order valence-electron chi connectivity index (χ2n) is 11.4. The molecule has 0 fully saturated rings. The summed E-state index contributed by atoms with van der Waals surface area (Å²) in [6, 6.07) is 17.7. The van der Waals surface area contributed by atoms with Gasteiger partial charge in [-0.25, -0.2) is 22.2 Å². The minimum atomic E-state index is -3.80. The zero-order valence-electron chi connectivity index (χ0n) is 25.3. The molecule has 5 heterocycles. The van der Waals surface area contributed by atoms with E-state index in [2.05, 4.69) is 14.9 Å². The van der Waals surface area contributed by atoms with Crippen LogP contribution in [0.25, 0.3) is 56.0 Å². The molecule has 234 valence electrons. The van der Waals surface area contributed by atoms with Gasteiger partial charge in [-0.05, 0) is 79.4 Å². The van der Waals surface area contributed by atoms with E-state index in [0.29, 0.717) is 39.8 Å². The predicted octanol–water partition coefficient (Wildman–Crippen LogP) is 6.55. The standard InChI is InChI=1S/C34H29F2N5O4S/c1-37-33(42)29-24-17-23(32(40(2)46(3,43)44)39-34(24)45-31(29)20-10-13-21(35)14-11-20)26-15-12-19-7-4-5-16-41-27-9-6-8-25(36)22(27)18-28(41)30(19)38-26/h6,8-15,17-18H,4-5,7,16H2,1-3H3,(H,37,42). The van der Waals surface area contributed by atoms with Gasteiger partial charge < -0.3 is 14.3 Å². The second kappa shape index (κ2) is 11.1. The molecule has 0 bridgehead atoms. The number of aryl methyl sites for hydroxylation is 2. The highest BCUT2D eigenvalue weighted by atomic mass is 32.2. The van der Waals surface area contributed by atoms with Gasteiger partial charge in [0.1, 0.15) is 17.4 Å². The summed E-state index contributed by atoms with van der Waals surface area (Å²) >= 11 is 0. The SMILES string of the molecule is CNC(=O)c1c(-c2ccc(F)cc2)oc2nc(N(C)S(C)(=O)=O)c(-c3ccc4c(n3)-c3cc5c(F)cccc5n3CCCC4)cc12. The molecule has 0 unspecified atom stereocenters. The van der Waals surface area contributed by atoms with Crippen molar-refractivity contribution in [1.82, 2.24) is 19.9 Å². The average molecular weight is 642 g/mol. The first-order valence-corrected chi connectivity index (χ1v) is 16.6. The predicted molar refractivity (Wildman–Crippen MR) is 173 cm³/mol. The van der Waals surface area contributed by atoms with Crippen LogP contribution in [0.3, 0.4) is 0 Å². The minimum absolute atomic E-state index is 0.0222. The Morgan fingerprint density at radius 1 is 1.00 bits per heavy atom. The van der Waals surface area contributed by atoms with Crippen LogP contribution < -0.4 is 9.62 Å². The minimum Gasteiger partial charge on any atom is -0.437 e. The van der Waals surface area contributed by atoms with Gasteiger partial charge >= 0.3 is 0 Å². The Kier molecular flexibility index (Phi) is 7.11. The Morgan fingerprint density at radius 3 is 2.52 bits per heavy atom. The van der Waals surface area contributed by atoms with Crippen molar-refractivity contribution in [3.8, 4) is 34.0 Å². The lowest BCUT2D eigenvalue weighted by molar-refractivity contribution is 0.0964. The second-order valence-corrected chi connectivity index (χ2v) is 13.4. The molecule has 12 heteroatoms. The number of sulfonamides is 1. The fourth-order valence-electron chi connectivity index (χ4n) is 6.09. The molecular weight excluding hydrogens is 612 g/mol. The molecule has 4 aromatic heterocycles. The van der Waals surface area contributed by atoms with E-state index in [1.54, 1.807) is 18.2 Å². The van der Waals surface area contributed by atoms with Crippen molar-refractivity contribution in [1.29, 1.82) is 0 Å². The number of amides is 1. The Balaban J connectivity index is 1.51. The highest BCUT2D eigenvalue weighted by Crippen LogP contribution is 2.41. The van der Waals surface area contributed by atoms with Gasteiger partial charge in [0.15, 0.2) is 5.82 Å². The van der Waals surface area contributed by atoms with Crippen molar-refractivity contribution in [2.75, 3.05) is 24.7 Å². The molecule has 2 aromatic carbocycles. The Hall–Kier alpha value is -5.10. The summed E-state index contributed by atoms with van der Waals surface area (Å²) in [4.78, 5) is 23.0. The van der Waals surface area contributed by atoms with Gasteiger partial charge in [0.25, 0.3) is 5.91 Å². The third-order valence-electron chi connectivity index (χ3n) is 8.49. The number of benzene rings is 2. The summed E-state index contributed by atoms with van der Waals surface area (Å²) in [6.07, 6.45) is 3.65. The molecule has 0 radical (unpaired) electrons. The van der Waals surface area contributed by atoms with Gasteiger partial charge in [0.05, 0.1) is 39.8 Å². The zero-order chi connectivity index (χ0) is 32.3. The number of furan rings is 1. The van der Waals surface area contributed by atoms with Crippen molar-refractivity contribution in [2.45, 2.75) is 25.8 Å². The molecule has 0 spiro atoms. The van der Waals surface area contributed by atoms with E-state index < -0.39 is 21.7 Å². The van der Waals surface area contributed by atoms with Crippen molar-refractivity contribution in [3.05, 3.63) is 89.5 Å². The van der Waals surface area contributed by atoms with Crippen LogP contribution in [0.4, 0.5) is 14.6 Å². The summed E-state index contributed by atoms with van der Waals surface area (Å²) in [6.45, 7) is 0.694. The van der Waals surface area contributed by atoms with Crippen LogP contribution in [-0.4, -0.2) is 49.2 Å². The molecule has 0 saturated carbocycles. The van der Waals surface area contributed by atoms with Crippen LogP contribution in [0.1, 0.15) is 28.8 Å². The summed E-state index contributed by atoms with van der Waals surface area (Å²) in [7, 11) is -0.940. The summed E-state index contributed by atoms with van der Waals surface area (Å²) < 4.78 is 63.5. The quantitative estimate of drug-likeness (QED) is 0.229. The van der Waals surface area contributed by atoms with Crippen molar-refractivity contribution < 1.29 is 26.4 Å². The van der Waals surface area contributed by atoms with E-state index in [0.717, 1.165) is 46.6 Å². The summed E-state index contributed by atoms with van der Waals surface area (Å²) in [5.74, 6) is -1.04. The molecule has 1 aliphatic rings. The number of rotatable bonds is 5. The first kappa shape index (κ1) is 29.6. The molecule has 0 saturated heterocycles. The number of fused-ring (bicyclic) bond motifs is 6. The highest BCUT2D eigenvalue weighted by molar-refractivity contribution is 7.92. The van der Waals surface area contributed by atoms with Crippen molar-refractivity contribution >= 4 is 43.8 Å². The fourth-order valence-corrected chi connectivity index (χ4v) is 6.54. The lowest BCUT2D eigenvalue weighted by Gasteiger charge is -2.21.